The Morgan fingerprint density at radius 1 is 1.09 bits per heavy atom. The molecule has 236 valence electrons. The number of aliphatic hydroxyl groups is 1. The topological polar surface area (TPSA) is 129 Å². The Morgan fingerprint density at radius 2 is 1.80 bits per heavy atom. The van der Waals surface area contributed by atoms with E-state index in [9.17, 15) is 14.7 Å². The third-order valence-corrected chi connectivity index (χ3v) is 8.27. The average Bonchev–Trinajstić information content (AvgIpc) is 3.21. The molecule has 44 heavy (non-hydrogen) atoms. The second kappa shape index (κ2) is 12.7. The van der Waals surface area contributed by atoms with Crippen LogP contribution in [0.1, 0.15) is 68.4 Å². The Labute approximate surface area is 265 Å². The molecule has 0 radical (unpaired) electrons. The third kappa shape index (κ3) is 7.05. The number of carbonyl (C=O) groups excluding carboxylic acids is 2. The third-order valence-electron chi connectivity index (χ3n) is 7.74. The van der Waals surface area contributed by atoms with Crippen molar-refractivity contribution >= 4 is 40.8 Å². The van der Waals surface area contributed by atoms with Crippen molar-refractivity contribution in [2.24, 2.45) is 11.1 Å². The molecule has 0 saturated carbocycles. The minimum Gasteiger partial charge on any atom is -0.394 e. The van der Waals surface area contributed by atoms with E-state index in [4.69, 9.17) is 28.9 Å². The first-order chi connectivity index (χ1) is 20.5. The Morgan fingerprint density at radius 3 is 2.39 bits per heavy atom. The van der Waals surface area contributed by atoms with Crippen molar-refractivity contribution in [2.45, 2.75) is 70.1 Å². The molecule has 0 aliphatic carbocycles. The fraction of sp³-hybridized carbons (Fsp3) is 0.406. The second-order valence-electron chi connectivity index (χ2n) is 13.1. The fourth-order valence-corrected chi connectivity index (χ4v) is 5.97. The number of benzene rings is 2. The van der Waals surface area contributed by atoms with Crippen LogP contribution in [0.5, 0.6) is 0 Å². The molecule has 4 atom stereocenters. The van der Waals surface area contributed by atoms with Gasteiger partial charge in [-0.25, -0.2) is 13.8 Å². The van der Waals surface area contributed by atoms with E-state index in [1.165, 1.54) is 42.6 Å². The van der Waals surface area contributed by atoms with Crippen molar-refractivity contribution < 1.29 is 23.5 Å². The van der Waals surface area contributed by atoms with Crippen LogP contribution in [0.2, 0.25) is 10.0 Å². The number of carbonyl (C=O) groups is 2. The van der Waals surface area contributed by atoms with Gasteiger partial charge in [0.2, 0.25) is 5.91 Å². The van der Waals surface area contributed by atoms with Gasteiger partial charge in [0.05, 0.1) is 34.3 Å². The van der Waals surface area contributed by atoms with Crippen molar-refractivity contribution in [2.75, 3.05) is 11.9 Å². The standard InChI is InChI=1S/C32H37Cl2F2N5O3/c1-30(2,3)14-23-32(37,20-11-10-18(33)13-22(20)35)25(19-7-6-8-21(34)26(19)36)27(39-23)29(44)40-24-12-9-17(15-38-24)28(43)41-31(4,5)16-42/h6-13,15,23,25,27,39,42H,14,16,37H2,1-5H3,(H,41,43)(H,38,40,44)/t23-,25-,27+,32+/m0/s1. The highest BCUT2D eigenvalue weighted by Gasteiger charge is 2.58. The van der Waals surface area contributed by atoms with Gasteiger partial charge in [-0.15, -0.1) is 0 Å². The van der Waals surface area contributed by atoms with Gasteiger partial charge in [-0.3, -0.25) is 9.59 Å². The summed E-state index contributed by atoms with van der Waals surface area (Å²) in [6.07, 6.45) is 1.69. The Balaban J connectivity index is 1.77. The van der Waals surface area contributed by atoms with Gasteiger partial charge in [-0.2, -0.15) is 0 Å². The van der Waals surface area contributed by atoms with Crippen molar-refractivity contribution in [3.63, 3.8) is 0 Å². The summed E-state index contributed by atoms with van der Waals surface area (Å²) in [5, 5.41) is 18.2. The number of nitrogens with zero attached hydrogens (tertiary/aromatic N) is 1. The quantitative estimate of drug-likeness (QED) is 0.219. The predicted octanol–water partition coefficient (Wildman–Crippen LogP) is 5.52. The molecule has 2 heterocycles. The highest BCUT2D eigenvalue weighted by atomic mass is 35.5. The summed E-state index contributed by atoms with van der Waals surface area (Å²) in [6, 6.07) is 9.62. The first-order valence-electron chi connectivity index (χ1n) is 14.1. The number of aliphatic hydroxyl groups excluding tert-OH is 1. The lowest BCUT2D eigenvalue weighted by molar-refractivity contribution is -0.118. The van der Waals surface area contributed by atoms with E-state index in [2.05, 4.69) is 20.9 Å². The van der Waals surface area contributed by atoms with Gasteiger partial charge in [0, 0.05) is 28.7 Å². The lowest BCUT2D eigenvalue weighted by Gasteiger charge is -2.40. The number of pyridine rings is 1. The maximum absolute atomic E-state index is 15.7. The van der Waals surface area contributed by atoms with Crippen LogP contribution in [0.25, 0.3) is 0 Å². The molecular formula is C32H37Cl2F2N5O3. The summed E-state index contributed by atoms with van der Waals surface area (Å²) in [5.74, 6) is -3.49. The van der Waals surface area contributed by atoms with Crippen LogP contribution in [0.4, 0.5) is 14.6 Å². The second-order valence-corrected chi connectivity index (χ2v) is 13.9. The van der Waals surface area contributed by atoms with Gasteiger partial charge in [0.15, 0.2) is 0 Å². The van der Waals surface area contributed by atoms with Gasteiger partial charge >= 0.3 is 0 Å². The number of halogens is 4. The highest BCUT2D eigenvalue weighted by molar-refractivity contribution is 6.31. The first kappa shape index (κ1) is 33.7. The number of aromatic nitrogens is 1. The zero-order valence-corrected chi connectivity index (χ0v) is 26.7. The minimum absolute atomic E-state index is 0.0462. The monoisotopic (exact) mass is 647 g/mol. The number of hydrogen-bond donors (Lipinski definition) is 5. The summed E-state index contributed by atoms with van der Waals surface area (Å²) in [7, 11) is 0. The largest absolute Gasteiger partial charge is 0.394 e. The van der Waals surface area contributed by atoms with Crippen molar-refractivity contribution in [1.29, 1.82) is 0 Å². The molecule has 2 aromatic carbocycles. The van der Waals surface area contributed by atoms with Crippen molar-refractivity contribution in [3.8, 4) is 0 Å². The molecule has 0 unspecified atom stereocenters. The molecule has 1 aromatic heterocycles. The summed E-state index contributed by atoms with van der Waals surface area (Å²) in [5.41, 5.74) is 4.75. The molecule has 0 bridgehead atoms. The van der Waals surface area contributed by atoms with Gasteiger partial charge in [-0.1, -0.05) is 62.2 Å². The molecule has 12 heteroatoms. The van der Waals surface area contributed by atoms with Crippen molar-refractivity contribution in [1.82, 2.24) is 15.6 Å². The van der Waals surface area contributed by atoms with Crippen LogP contribution >= 0.6 is 23.2 Å². The summed E-state index contributed by atoms with van der Waals surface area (Å²) in [6.45, 7) is 9.03. The molecule has 1 aliphatic heterocycles. The molecule has 6 N–H and O–H groups in total. The van der Waals surface area contributed by atoms with Gasteiger partial charge in [0.25, 0.3) is 5.91 Å². The molecule has 8 nitrogen and oxygen atoms in total. The maximum atomic E-state index is 15.7. The fourth-order valence-electron chi connectivity index (χ4n) is 5.63. The van der Waals surface area contributed by atoms with E-state index < -0.39 is 52.5 Å². The zero-order valence-electron chi connectivity index (χ0n) is 25.1. The van der Waals surface area contributed by atoms with E-state index in [1.54, 1.807) is 19.9 Å². The Hall–Kier alpha value is -3.15. The molecule has 1 aliphatic rings. The van der Waals surface area contributed by atoms with Gasteiger partial charge in [-0.05, 0) is 61.6 Å². The highest BCUT2D eigenvalue weighted by Crippen LogP contribution is 2.50. The normalized spacial score (nSPS) is 22.1. The molecule has 4 rings (SSSR count). The van der Waals surface area contributed by atoms with E-state index in [1.807, 2.05) is 20.8 Å². The number of nitrogens with one attached hydrogen (secondary N) is 3. The average molecular weight is 649 g/mol. The molecule has 2 amide bonds. The number of anilines is 1. The first-order valence-corrected chi connectivity index (χ1v) is 14.9. The molecule has 3 aromatic rings. The van der Waals surface area contributed by atoms with E-state index in [-0.39, 0.29) is 44.6 Å². The molecule has 0 spiro atoms. The van der Waals surface area contributed by atoms with Crippen LogP contribution in [0.3, 0.4) is 0 Å². The van der Waals surface area contributed by atoms with Gasteiger partial charge in [0.1, 0.15) is 17.5 Å². The zero-order chi connectivity index (χ0) is 32.6. The lowest BCUT2D eigenvalue weighted by Crippen LogP contribution is -2.52. The summed E-state index contributed by atoms with van der Waals surface area (Å²) >= 11 is 12.3. The van der Waals surface area contributed by atoms with E-state index in [0.29, 0.717) is 6.42 Å². The predicted molar refractivity (Wildman–Crippen MR) is 168 cm³/mol. The molecule has 1 fully saturated rings. The smallest absolute Gasteiger partial charge is 0.253 e. The van der Waals surface area contributed by atoms with Crippen LogP contribution in [-0.4, -0.2) is 46.1 Å². The van der Waals surface area contributed by atoms with Crippen LogP contribution in [0.15, 0.2) is 54.7 Å². The van der Waals surface area contributed by atoms with Crippen LogP contribution in [-0.2, 0) is 10.3 Å². The van der Waals surface area contributed by atoms with E-state index >= 15 is 8.78 Å². The van der Waals surface area contributed by atoms with Crippen LogP contribution in [0, 0.1) is 17.0 Å². The Kier molecular flexibility index (Phi) is 9.73. The minimum atomic E-state index is -1.62. The Bertz CT molecular complexity index is 1550. The molecular weight excluding hydrogens is 611 g/mol. The van der Waals surface area contributed by atoms with Crippen LogP contribution < -0.4 is 21.7 Å². The lowest BCUT2D eigenvalue weighted by atomic mass is 9.68. The number of rotatable bonds is 8. The SMILES string of the molecule is CC(C)(C)C[C@@H]1N[C@@H](C(=O)Nc2ccc(C(=O)NC(C)(C)CO)cn2)[C@H](c2cccc(Cl)c2F)[C@@]1(N)c1ccc(Cl)cc1F. The number of amides is 2. The van der Waals surface area contributed by atoms with Crippen molar-refractivity contribution in [3.05, 3.63) is 93.1 Å². The van der Waals surface area contributed by atoms with Gasteiger partial charge < -0.3 is 26.8 Å². The van der Waals surface area contributed by atoms with E-state index in [0.717, 1.165) is 6.07 Å². The maximum Gasteiger partial charge on any atom is 0.253 e. The number of nitrogens with two attached hydrogens (primary N) is 1. The number of hydrogen-bond acceptors (Lipinski definition) is 6. The summed E-state index contributed by atoms with van der Waals surface area (Å²) in [4.78, 5) is 30.7. The molecule has 1 saturated heterocycles. The summed E-state index contributed by atoms with van der Waals surface area (Å²) < 4.78 is 31.4.